The molecule has 200 valence electrons. The van der Waals surface area contributed by atoms with Gasteiger partial charge < -0.3 is 4.90 Å². The summed E-state index contributed by atoms with van der Waals surface area (Å²) >= 11 is 0. The second-order valence-corrected chi connectivity index (χ2v) is 10.3. The van der Waals surface area contributed by atoms with Crippen molar-refractivity contribution < 1.29 is 14.4 Å². The first-order chi connectivity index (χ1) is 18.3. The number of dihydropyridines is 1. The predicted molar refractivity (Wildman–Crippen MR) is 150 cm³/mol. The summed E-state index contributed by atoms with van der Waals surface area (Å²) in [6.45, 7) is 6.22. The number of carbonyl (C=O) groups is 1. The number of nitrogens with zero attached hydrogens (tertiary/aromatic N) is 4. The van der Waals surface area contributed by atoms with E-state index < -0.39 is 5.91 Å². The summed E-state index contributed by atoms with van der Waals surface area (Å²) < 4.78 is 13.3. The number of aliphatic imine (C=N–C) groups is 1. The number of carbonyl (C=O) groups excluding carboxylic acids is 1. The normalized spacial score (nSPS) is 17.9. The van der Waals surface area contributed by atoms with Crippen LogP contribution in [0.4, 0.5) is 4.39 Å². The molecule has 1 amide bonds. The van der Waals surface area contributed by atoms with Gasteiger partial charge in [0.2, 0.25) is 0 Å². The third-order valence-corrected chi connectivity index (χ3v) is 7.11. The Hall–Kier alpha value is -3.42. The van der Waals surface area contributed by atoms with Gasteiger partial charge in [0.15, 0.2) is 0 Å². The average molecular weight is 517 g/mol. The van der Waals surface area contributed by atoms with E-state index in [2.05, 4.69) is 47.1 Å². The van der Waals surface area contributed by atoms with Crippen LogP contribution in [0, 0.1) is 12.7 Å². The SMILES string of the molecule is CC(=C/Cc1ccc(F)cc1)/C=C(/CCCN(C)CC1CC=CC=N1)c1c(C)cnc2c1CCN(O)C2=O. The van der Waals surface area contributed by atoms with E-state index in [1.807, 2.05) is 19.2 Å². The first kappa shape index (κ1) is 27.6. The molecule has 4 rings (SSSR count). The summed E-state index contributed by atoms with van der Waals surface area (Å²) in [6.07, 6.45) is 16.2. The van der Waals surface area contributed by atoms with Crippen molar-refractivity contribution in [2.45, 2.75) is 52.0 Å². The minimum atomic E-state index is -0.447. The van der Waals surface area contributed by atoms with Crippen molar-refractivity contribution in [2.24, 2.45) is 4.99 Å². The number of fused-ring (bicyclic) bond motifs is 1. The third kappa shape index (κ3) is 7.11. The van der Waals surface area contributed by atoms with Crippen LogP contribution in [0.2, 0.25) is 0 Å². The molecule has 2 aliphatic heterocycles. The van der Waals surface area contributed by atoms with Gasteiger partial charge in [-0.1, -0.05) is 35.9 Å². The van der Waals surface area contributed by atoms with Crippen molar-refractivity contribution in [1.29, 1.82) is 0 Å². The molecule has 1 aromatic carbocycles. The van der Waals surface area contributed by atoms with Gasteiger partial charge in [-0.05, 0) is 106 Å². The Bertz CT molecular complexity index is 1260. The van der Waals surface area contributed by atoms with E-state index in [1.165, 1.54) is 17.7 Å². The number of pyridine rings is 1. The van der Waals surface area contributed by atoms with Gasteiger partial charge in [-0.2, -0.15) is 0 Å². The van der Waals surface area contributed by atoms with Crippen LogP contribution in [0.15, 0.2) is 65.3 Å². The standard InChI is InChI=1S/C31H37FN4O2/c1-22(9-10-24-11-13-26(32)14-12-24)19-25(7-6-17-35(3)21-27-8-4-5-16-33-27)29-23(2)20-34-30-28(29)15-18-36(38)31(30)37/h4-5,9,11-14,16,19-20,27,38H,6-8,10,15,17-18,21H2,1-3H3/b22-9-,25-19-. The van der Waals surface area contributed by atoms with Gasteiger partial charge >= 0.3 is 0 Å². The monoisotopic (exact) mass is 516 g/mol. The summed E-state index contributed by atoms with van der Waals surface area (Å²) in [5.74, 6) is -0.681. The predicted octanol–water partition coefficient (Wildman–Crippen LogP) is 5.60. The van der Waals surface area contributed by atoms with Crippen LogP contribution in [0.5, 0.6) is 0 Å². The number of halogens is 1. The number of hydrogen-bond acceptors (Lipinski definition) is 5. The molecule has 0 radical (unpaired) electrons. The minimum Gasteiger partial charge on any atom is -0.304 e. The van der Waals surface area contributed by atoms with Crippen LogP contribution in [0.25, 0.3) is 5.57 Å². The molecule has 0 bridgehead atoms. The number of hydroxylamine groups is 2. The van der Waals surface area contributed by atoms with E-state index in [0.29, 0.717) is 24.6 Å². The molecule has 1 N–H and O–H groups in total. The molecule has 0 saturated heterocycles. The lowest BCUT2D eigenvalue weighted by Gasteiger charge is -2.26. The van der Waals surface area contributed by atoms with Gasteiger partial charge in [0, 0.05) is 19.0 Å². The molecule has 0 aliphatic carbocycles. The quantitative estimate of drug-likeness (QED) is 0.330. The Morgan fingerprint density at radius 2 is 2.08 bits per heavy atom. The number of rotatable bonds is 10. The molecular formula is C31H37FN4O2. The van der Waals surface area contributed by atoms with Crippen LogP contribution in [-0.2, 0) is 12.8 Å². The topological polar surface area (TPSA) is 69.0 Å². The summed E-state index contributed by atoms with van der Waals surface area (Å²) in [5.41, 5.74) is 6.66. The van der Waals surface area contributed by atoms with Crippen molar-refractivity contribution >= 4 is 17.7 Å². The number of allylic oxidation sites excluding steroid dienone is 5. The van der Waals surface area contributed by atoms with Crippen molar-refractivity contribution in [3.8, 4) is 0 Å². The summed E-state index contributed by atoms with van der Waals surface area (Å²) in [4.78, 5) is 23.9. The van der Waals surface area contributed by atoms with E-state index in [4.69, 9.17) is 0 Å². The van der Waals surface area contributed by atoms with Gasteiger partial charge in [-0.15, -0.1) is 0 Å². The van der Waals surface area contributed by atoms with E-state index >= 15 is 0 Å². The highest BCUT2D eigenvalue weighted by Gasteiger charge is 2.28. The molecule has 0 saturated carbocycles. The van der Waals surface area contributed by atoms with Crippen molar-refractivity contribution in [1.82, 2.24) is 14.9 Å². The molecular weight excluding hydrogens is 479 g/mol. The van der Waals surface area contributed by atoms with Crippen LogP contribution >= 0.6 is 0 Å². The van der Waals surface area contributed by atoms with Crippen LogP contribution in [0.1, 0.15) is 58.9 Å². The maximum atomic E-state index is 13.3. The zero-order valence-corrected chi connectivity index (χ0v) is 22.5. The number of amides is 1. The number of hydrogen-bond donors (Lipinski definition) is 1. The second kappa shape index (κ2) is 12.9. The minimum absolute atomic E-state index is 0.234. The fourth-order valence-electron chi connectivity index (χ4n) is 5.12. The highest BCUT2D eigenvalue weighted by molar-refractivity contribution is 5.96. The summed E-state index contributed by atoms with van der Waals surface area (Å²) in [6, 6.07) is 6.89. The number of benzene rings is 1. The highest BCUT2D eigenvalue weighted by atomic mass is 19.1. The molecule has 6 nitrogen and oxygen atoms in total. The molecule has 2 aliphatic rings. The first-order valence-corrected chi connectivity index (χ1v) is 13.3. The summed E-state index contributed by atoms with van der Waals surface area (Å²) in [5, 5.41) is 10.7. The molecule has 0 spiro atoms. The highest BCUT2D eigenvalue weighted by Crippen LogP contribution is 2.32. The van der Waals surface area contributed by atoms with Crippen LogP contribution in [0.3, 0.4) is 0 Å². The van der Waals surface area contributed by atoms with E-state index in [-0.39, 0.29) is 12.4 Å². The Morgan fingerprint density at radius 1 is 1.29 bits per heavy atom. The lowest BCUT2D eigenvalue weighted by atomic mass is 9.88. The number of aromatic nitrogens is 1. The van der Waals surface area contributed by atoms with Gasteiger partial charge in [0.25, 0.3) is 5.91 Å². The molecule has 2 aromatic rings. The van der Waals surface area contributed by atoms with Crippen molar-refractivity contribution in [3.63, 3.8) is 0 Å². The zero-order chi connectivity index (χ0) is 27.1. The Morgan fingerprint density at radius 3 is 2.82 bits per heavy atom. The molecule has 1 atom stereocenters. The van der Waals surface area contributed by atoms with E-state index in [9.17, 15) is 14.4 Å². The molecule has 1 aromatic heterocycles. The number of likely N-dealkylation sites (N-methyl/N-ethyl adjacent to an activating group) is 1. The fraction of sp³-hybridized carbons (Fsp3) is 0.387. The largest absolute Gasteiger partial charge is 0.304 e. The summed E-state index contributed by atoms with van der Waals surface area (Å²) in [7, 11) is 2.14. The second-order valence-electron chi connectivity index (χ2n) is 10.3. The van der Waals surface area contributed by atoms with Crippen LogP contribution in [-0.4, -0.2) is 65.0 Å². The lowest BCUT2D eigenvalue weighted by molar-refractivity contribution is -0.0607. The van der Waals surface area contributed by atoms with Gasteiger partial charge in [0.1, 0.15) is 11.5 Å². The molecule has 3 heterocycles. The van der Waals surface area contributed by atoms with E-state index in [1.54, 1.807) is 18.3 Å². The van der Waals surface area contributed by atoms with Crippen LogP contribution < -0.4 is 0 Å². The van der Waals surface area contributed by atoms with Gasteiger partial charge in [-0.3, -0.25) is 20.0 Å². The van der Waals surface area contributed by atoms with Gasteiger partial charge in [-0.25, -0.2) is 9.45 Å². The maximum Gasteiger partial charge on any atom is 0.296 e. The smallest absolute Gasteiger partial charge is 0.296 e. The number of aryl methyl sites for hydroxylation is 1. The Balaban J connectivity index is 1.56. The molecule has 1 unspecified atom stereocenters. The lowest BCUT2D eigenvalue weighted by Crippen LogP contribution is -2.36. The zero-order valence-electron chi connectivity index (χ0n) is 22.5. The van der Waals surface area contributed by atoms with E-state index in [0.717, 1.165) is 65.2 Å². The first-order valence-electron chi connectivity index (χ1n) is 13.3. The average Bonchev–Trinajstić information content (AvgIpc) is 2.90. The molecule has 0 fully saturated rings. The molecule has 38 heavy (non-hydrogen) atoms. The van der Waals surface area contributed by atoms with Crippen molar-refractivity contribution in [3.05, 3.63) is 94.1 Å². The third-order valence-electron chi connectivity index (χ3n) is 7.11. The maximum absolute atomic E-state index is 13.3. The molecule has 7 heteroatoms. The fourth-order valence-corrected chi connectivity index (χ4v) is 5.12. The Labute approximate surface area is 224 Å². The van der Waals surface area contributed by atoms with Gasteiger partial charge in [0.05, 0.1) is 12.6 Å². The van der Waals surface area contributed by atoms with Crippen molar-refractivity contribution in [2.75, 3.05) is 26.7 Å². The Kier molecular flexibility index (Phi) is 9.37.